The summed E-state index contributed by atoms with van der Waals surface area (Å²) in [6.07, 6.45) is 3.89. The minimum Gasteiger partial charge on any atom is -0.449 e. The number of ether oxygens (including phenoxy) is 1. The van der Waals surface area contributed by atoms with Gasteiger partial charge in [-0.05, 0) is 86.8 Å². The minimum atomic E-state index is -0.238. The second kappa shape index (κ2) is 10.3. The standard InChI is InChI=1S/C27H35N3O3/c1-19-17-22(18-20(2)21(19)3)7-6-16-33-27(32)29-13-11-24(12-14-29)30-15-10-23-8-4-5-9-25(23)28-26(30)31/h4-5,8-9,17-18,24H,6-7,10-16H2,1-3H3,(H,28,31). The van der Waals surface area contributed by atoms with Crippen LogP contribution >= 0.6 is 0 Å². The van der Waals surface area contributed by atoms with E-state index in [2.05, 4.69) is 44.3 Å². The maximum atomic E-state index is 12.8. The van der Waals surface area contributed by atoms with Gasteiger partial charge in [0.25, 0.3) is 0 Å². The number of hydrogen-bond donors (Lipinski definition) is 1. The predicted octanol–water partition coefficient (Wildman–Crippen LogP) is 5.24. The van der Waals surface area contributed by atoms with Crippen molar-refractivity contribution >= 4 is 17.8 Å². The number of fused-ring (bicyclic) bond motifs is 1. The Morgan fingerprint density at radius 3 is 2.48 bits per heavy atom. The molecule has 4 rings (SSSR count). The Labute approximate surface area is 196 Å². The number of nitrogens with one attached hydrogen (secondary N) is 1. The van der Waals surface area contributed by atoms with E-state index >= 15 is 0 Å². The zero-order chi connectivity index (χ0) is 23.4. The molecule has 0 aromatic heterocycles. The number of likely N-dealkylation sites (tertiary alicyclic amines) is 1. The van der Waals surface area contributed by atoms with Crippen LogP contribution in [0.4, 0.5) is 15.3 Å². The molecule has 0 spiro atoms. The number of anilines is 1. The van der Waals surface area contributed by atoms with Crippen molar-refractivity contribution < 1.29 is 14.3 Å². The zero-order valence-corrected chi connectivity index (χ0v) is 20.0. The third kappa shape index (κ3) is 5.49. The summed E-state index contributed by atoms with van der Waals surface area (Å²) in [5, 5.41) is 3.04. The average molecular weight is 450 g/mol. The van der Waals surface area contributed by atoms with Gasteiger partial charge in [0.2, 0.25) is 0 Å². The summed E-state index contributed by atoms with van der Waals surface area (Å²) < 4.78 is 5.55. The molecule has 33 heavy (non-hydrogen) atoms. The maximum absolute atomic E-state index is 12.8. The highest BCUT2D eigenvalue weighted by Crippen LogP contribution is 2.24. The van der Waals surface area contributed by atoms with Crippen molar-refractivity contribution in [2.75, 3.05) is 31.6 Å². The Bertz CT molecular complexity index is 988. The number of aryl methyl sites for hydroxylation is 3. The quantitative estimate of drug-likeness (QED) is 0.636. The molecule has 1 fully saturated rings. The monoisotopic (exact) mass is 449 g/mol. The number of amides is 3. The van der Waals surface area contributed by atoms with E-state index in [1.54, 1.807) is 4.90 Å². The van der Waals surface area contributed by atoms with Crippen LogP contribution in [0.3, 0.4) is 0 Å². The average Bonchev–Trinajstić information content (AvgIpc) is 2.98. The van der Waals surface area contributed by atoms with Gasteiger partial charge in [0, 0.05) is 31.4 Å². The fourth-order valence-corrected chi connectivity index (χ4v) is 4.89. The van der Waals surface area contributed by atoms with E-state index in [1.807, 2.05) is 23.1 Å². The normalized spacial score (nSPS) is 16.8. The van der Waals surface area contributed by atoms with Crippen molar-refractivity contribution in [3.8, 4) is 0 Å². The van der Waals surface area contributed by atoms with Gasteiger partial charge in [0.15, 0.2) is 0 Å². The first kappa shape index (κ1) is 23.1. The Kier molecular flexibility index (Phi) is 7.21. The van der Waals surface area contributed by atoms with Crippen LogP contribution in [0, 0.1) is 20.8 Å². The molecule has 2 heterocycles. The number of carbonyl (C=O) groups excluding carboxylic acids is 2. The summed E-state index contributed by atoms with van der Waals surface area (Å²) in [6, 6.07) is 12.5. The van der Waals surface area contributed by atoms with Crippen molar-refractivity contribution in [3.05, 3.63) is 64.2 Å². The Morgan fingerprint density at radius 2 is 1.76 bits per heavy atom. The molecule has 6 nitrogen and oxygen atoms in total. The molecule has 2 aromatic rings. The Hall–Kier alpha value is -3.02. The predicted molar refractivity (Wildman–Crippen MR) is 131 cm³/mol. The Morgan fingerprint density at radius 1 is 1.06 bits per heavy atom. The SMILES string of the molecule is Cc1cc(CCCOC(=O)N2CCC(N3CCc4ccccc4NC3=O)CC2)cc(C)c1C. The van der Waals surface area contributed by atoms with Crippen molar-refractivity contribution in [2.24, 2.45) is 0 Å². The van der Waals surface area contributed by atoms with E-state index in [-0.39, 0.29) is 18.2 Å². The smallest absolute Gasteiger partial charge is 0.409 e. The maximum Gasteiger partial charge on any atom is 0.409 e. The Balaban J connectivity index is 1.20. The summed E-state index contributed by atoms with van der Waals surface area (Å²) in [6.45, 7) is 8.81. The van der Waals surface area contributed by atoms with Gasteiger partial charge in [-0.25, -0.2) is 9.59 Å². The first-order valence-electron chi connectivity index (χ1n) is 12.1. The van der Waals surface area contributed by atoms with Crippen molar-refractivity contribution in [3.63, 3.8) is 0 Å². The fourth-order valence-electron chi connectivity index (χ4n) is 4.89. The lowest BCUT2D eigenvalue weighted by Gasteiger charge is -2.37. The van der Waals surface area contributed by atoms with Crippen LogP contribution in [0.2, 0.25) is 0 Å². The van der Waals surface area contributed by atoms with Crippen LogP contribution in [0.15, 0.2) is 36.4 Å². The molecule has 2 aliphatic heterocycles. The third-order valence-corrected chi connectivity index (χ3v) is 7.13. The molecule has 176 valence electrons. The van der Waals surface area contributed by atoms with Gasteiger partial charge in [0.1, 0.15) is 0 Å². The first-order valence-corrected chi connectivity index (χ1v) is 12.1. The van der Waals surface area contributed by atoms with Gasteiger partial charge in [-0.3, -0.25) is 0 Å². The van der Waals surface area contributed by atoms with E-state index in [9.17, 15) is 9.59 Å². The number of urea groups is 1. The number of hydrogen-bond acceptors (Lipinski definition) is 3. The lowest BCUT2D eigenvalue weighted by Crippen LogP contribution is -2.50. The molecule has 0 radical (unpaired) electrons. The molecular formula is C27H35N3O3. The van der Waals surface area contributed by atoms with Gasteiger partial charge < -0.3 is 19.9 Å². The number of para-hydroxylation sites is 1. The molecule has 0 atom stereocenters. The number of carbonyl (C=O) groups is 2. The lowest BCUT2D eigenvalue weighted by atomic mass is 9.98. The van der Waals surface area contributed by atoms with Gasteiger partial charge in [-0.2, -0.15) is 0 Å². The largest absolute Gasteiger partial charge is 0.449 e. The topological polar surface area (TPSA) is 61.9 Å². The molecule has 1 N–H and O–H groups in total. The van der Waals surface area contributed by atoms with E-state index in [0.29, 0.717) is 26.2 Å². The van der Waals surface area contributed by atoms with E-state index in [0.717, 1.165) is 37.8 Å². The highest BCUT2D eigenvalue weighted by atomic mass is 16.6. The molecule has 0 bridgehead atoms. The zero-order valence-electron chi connectivity index (χ0n) is 20.0. The van der Waals surface area contributed by atoms with Crippen LogP contribution in [0.5, 0.6) is 0 Å². The van der Waals surface area contributed by atoms with Gasteiger partial charge >= 0.3 is 12.1 Å². The summed E-state index contributed by atoms with van der Waals surface area (Å²) in [7, 11) is 0. The van der Waals surface area contributed by atoms with Crippen LogP contribution in [0.25, 0.3) is 0 Å². The minimum absolute atomic E-state index is 0.0393. The van der Waals surface area contributed by atoms with Gasteiger partial charge in [0.05, 0.1) is 6.61 Å². The van der Waals surface area contributed by atoms with E-state index in [1.165, 1.54) is 27.8 Å². The molecular weight excluding hydrogens is 414 g/mol. The van der Waals surface area contributed by atoms with Gasteiger partial charge in [-0.15, -0.1) is 0 Å². The van der Waals surface area contributed by atoms with Gasteiger partial charge in [-0.1, -0.05) is 30.3 Å². The number of piperidine rings is 1. The summed E-state index contributed by atoms with van der Waals surface area (Å²) in [5.74, 6) is 0. The van der Waals surface area contributed by atoms with E-state index < -0.39 is 0 Å². The van der Waals surface area contributed by atoms with Crippen molar-refractivity contribution in [1.82, 2.24) is 9.80 Å². The first-order chi connectivity index (χ1) is 15.9. The van der Waals surface area contributed by atoms with Crippen LogP contribution in [0.1, 0.15) is 47.1 Å². The molecule has 2 aromatic carbocycles. The van der Waals surface area contributed by atoms with Crippen LogP contribution in [-0.4, -0.2) is 54.2 Å². The van der Waals surface area contributed by atoms with Crippen LogP contribution in [-0.2, 0) is 17.6 Å². The second-order valence-corrected chi connectivity index (χ2v) is 9.32. The lowest BCUT2D eigenvalue weighted by molar-refractivity contribution is 0.0792. The highest BCUT2D eigenvalue weighted by Gasteiger charge is 2.31. The number of benzene rings is 2. The highest BCUT2D eigenvalue weighted by molar-refractivity contribution is 5.91. The summed E-state index contributed by atoms with van der Waals surface area (Å²) >= 11 is 0. The fraction of sp³-hybridized carbons (Fsp3) is 0.481. The summed E-state index contributed by atoms with van der Waals surface area (Å²) in [4.78, 5) is 29.0. The molecule has 3 amide bonds. The second-order valence-electron chi connectivity index (χ2n) is 9.32. The molecule has 0 aliphatic carbocycles. The molecule has 6 heteroatoms. The summed E-state index contributed by atoms with van der Waals surface area (Å²) in [5.41, 5.74) is 7.34. The van der Waals surface area contributed by atoms with Crippen LogP contribution < -0.4 is 5.32 Å². The third-order valence-electron chi connectivity index (χ3n) is 7.13. The molecule has 0 unspecified atom stereocenters. The molecule has 2 aliphatic rings. The van der Waals surface area contributed by atoms with Crippen molar-refractivity contribution in [1.29, 1.82) is 0 Å². The molecule has 0 saturated carbocycles. The number of nitrogens with zero attached hydrogens (tertiary/aromatic N) is 2. The number of rotatable bonds is 5. The van der Waals surface area contributed by atoms with Crippen molar-refractivity contribution in [2.45, 2.75) is 58.9 Å². The van der Waals surface area contributed by atoms with E-state index in [4.69, 9.17) is 4.74 Å². The molecule has 1 saturated heterocycles.